The van der Waals surface area contributed by atoms with Gasteiger partial charge in [-0.1, -0.05) is 6.92 Å². The molecule has 0 atom stereocenters. The summed E-state index contributed by atoms with van der Waals surface area (Å²) in [6.45, 7) is 5.31. The predicted molar refractivity (Wildman–Crippen MR) is 59.6 cm³/mol. The first-order valence-electron chi connectivity index (χ1n) is 5.22. The quantitative estimate of drug-likeness (QED) is 0.809. The third kappa shape index (κ3) is 1.85. The summed E-state index contributed by atoms with van der Waals surface area (Å²) in [6, 6.07) is 2.05. The number of aliphatic hydroxyl groups is 1. The normalized spacial score (nSPS) is 22.4. The minimum atomic E-state index is -0.550. The van der Waals surface area contributed by atoms with Gasteiger partial charge in [0.2, 0.25) is 0 Å². The average Bonchev–Trinajstić information content (AvgIpc) is 2.72. The fourth-order valence-electron chi connectivity index (χ4n) is 2.06. The standard InChI is InChI=1S/C11H17NOS/c1-2-12-6-4-11(13,5-7-12)10-3-8-14-9-10/h3,8-9,13H,2,4-7H2,1H3. The van der Waals surface area contributed by atoms with Crippen LogP contribution in [0.25, 0.3) is 0 Å². The Labute approximate surface area is 89.2 Å². The van der Waals surface area contributed by atoms with Crippen molar-refractivity contribution in [2.24, 2.45) is 0 Å². The Hall–Kier alpha value is -0.380. The van der Waals surface area contributed by atoms with Gasteiger partial charge in [-0.2, -0.15) is 11.3 Å². The van der Waals surface area contributed by atoms with Crippen LogP contribution in [0.5, 0.6) is 0 Å². The lowest BCUT2D eigenvalue weighted by Crippen LogP contribution is -2.42. The van der Waals surface area contributed by atoms with Gasteiger partial charge >= 0.3 is 0 Å². The molecule has 0 radical (unpaired) electrons. The van der Waals surface area contributed by atoms with Crippen molar-refractivity contribution >= 4 is 11.3 Å². The first-order chi connectivity index (χ1) is 6.74. The highest BCUT2D eigenvalue weighted by atomic mass is 32.1. The smallest absolute Gasteiger partial charge is 0.0928 e. The van der Waals surface area contributed by atoms with E-state index in [1.807, 2.05) is 11.4 Å². The van der Waals surface area contributed by atoms with E-state index >= 15 is 0 Å². The maximum atomic E-state index is 10.4. The second kappa shape index (κ2) is 4.01. The van der Waals surface area contributed by atoms with Crippen LogP contribution in [0.1, 0.15) is 25.3 Å². The topological polar surface area (TPSA) is 23.5 Å². The van der Waals surface area contributed by atoms with Gasteiger partial charge in [-0.3, -0.25) is 0 Å². The molecule has 2 rings (SSSR count). The average molecular weight is 211 g/mol. The summed E-state index contributed by atoms with van der Waals surface area (Å²) in [5, 5.41) is 14.5. The Morgan fingerprint density at radius 1 is 1.50 bits per heavy atom. The molecule has 2 nitrogen and oxygen atoms in total. The molecule has 0 bridgehead atoms. The van der Waals surface area contributed by atoms with Crippen molar-refractivity contribution in [3.05, 3.63) is 22.4 Å². The molecule has 1 aliphatic heterocycles. The fourth-order valence-corrected chi connectivity index (χ4v) is 2.81. The Kier molecular flexibility index (Phi) is 2.91. The van der Waals surface area contributed by atoms with Crippen LogP contribution in [0.4, 0.5) is 0 Å². The number of hydrogen-bond donors (Lipinski definition) is 1. The highest BCUT2D eigenvalue weighted by Gasteiger charge is 2.33. The van der Waals surface area contributed by atoms with Crippen LogP contribution in [0, 0.1) is 0 Å². The zero-order valence-electron chi connectivity index (χ0n) is 8.57. The third-order valence-corrected chi connectivity index (χ3v) is 3.87. The van der Waals surface area contributed by atoms with Crippen LogP contribution in [0.2, 0.25) is 0 Å². The van der Waals surface area contributed by atoms with Crippen molar-refractivity contribution in [1.29, 1.82) is 0 Å². The molecule has 0 spiro atoms. The molecule has 0 amide bonds. The molecule has 0 unspecified atom stereocenters. The summed E-state index contributed by atoms with van der Waals surface area (Å²) in [4.78, 5) is 2.39. The van der Waals surface area contributed by atoms with Crippen molar-refractivity contribution < 1.29 is 5.11 Å². The van der Waals surface area contributed by atoms with Crippen molar-refractivity contribution in [3.8, 4) is 0 Å². The lowest BCUT2D eigenvalue weighted by atomic mass is 9.86. The lowest BCUT2D eigenvalue weighted by Gasteiger charge is -2.37. The van der Waals surface area contributed by atoms with Gasteiger partial charge in [0.25, 0.3) is 0 Å². The van der Waals surface area contributed by atoms with E-state index in [4.69, 9.17) is 0 Å². The molecule has 78 valence electrons. The highest BCUT2D eigenvalue weighted by Crippen LogP contribution is 2.33. The maximum Gasteiger partial charge on any atom is 0.0928 e. The Morgan fingerprint density at radius 2 is 2.21 bits per heavy atom. The lowest BCUT2D eigenvalue weighted by molar-refractivity contribution is -0.0243. The van der Waals surface area contributed by atoms with E-state index in [1.54, 1.807) is 11.3 Å². The van der Waals surface area contributed by atoms with Crippen LogP contribution in [0.15, 0.2) is 16.8 Å². The predicted octanol–water partition coefficient (Wildman–Crippen LogP) is 2.05. The van der Waals surface area contributed by atoms with Gasteiger partial charge in [-0.15, -0.1) is 0 Å². The van der Waals surface area contributed by atoms with E-state index in [2.05, 4.69) is 17.2 Å². The number of likely N-dealkylation sites (tertiary alicyclic amines) is 1. The van der Waals surface area contributed by atoms with Crippen LogP contribution in [0.3, 0.4) is 0 Å². The summed E-state index contributed by atoms with van der Waals surface area (Å²) in [7, 11) is 0. The minimum Gasteiger partial charge on any atom is -0.385 e. The van der Waals surface area contributed by atoms with Gasteiger partial charge in [0.1, 0.15) is 0 Å². The fraction of sp³-hybridized carbons (Fsp3) is 0.636. The Morgan fingerprint density at radius 3 is 2.71 bits per heavy atom. The van der Waals surface area contributed by atoms with E-state index in [9.17, 15) is 5.11 Å². The molecule has 0 aromatic carbocycles. The zero-order chi connectivity index (χ0) is 10.0. The number of hydrogen-bond acceptors (Lipinski definition) is 3. The van der Waals surface area contributed by atoms with Gasteiger partial charge in [0.15, 0.2) is 0 Å². The second-order valence-corrected chi connectivity index (χ2v) is 4.76. The molecule has 1 fully saturated rings. The largest absolute Gasteiger partial charge is 0.385 e. The second-order valence-electron chi connectivity index (χ2n) is 3.98. The minimum absolute atomic E-state index is 0.550. The first kappa shape index (κ1) is 10.1. The Bertz CT molecular complexity index is 275. The monoisotopic (exact) mass is 211 g/mol. The molecule has 1 saturated heterocycles. The third-order valence-electron chi connectivity index (χ3n) is 3.19. The molecule has 1 aromatic heterocycles. The number of piperidine rings is 1. The van der Waals surface area contributed by atoms with Crippen LogP contribution < -0.4 is 0 Å². The summed E-state index contributed by atoms with van der Waals surface area (Å²) in [5.41, 5.74) is 0.560. The maximum absolute atomic E-state index is 10.4. The van der Waals surface area contributed by atoms with Crippen LogP contribution >= 0.6 is 11.3 Å². The van der Waals surface area contributed by atoms with Gasteiger partial charge < -0.3 is 10.0 Å². The molecule has 14 heavy (non-hydrogen) atoms. The molecule has 1 aromatic rings. The summed E-state index contributed by atoms with van der Waals surface area (Å²) >= 11 is 1.66. The molecule has 0 aliphatic carbocycles. The van der Waals surface area contributed by atoms with Crippen molar-refractivity contribution in [2.75, 3.05) is 19.6 Å². The number of thiophene rings is 1. The van der Waals surface area contributed by atoms with Gasteiger partial charge in [0.05, 0.1) is 5.60 Å². The highest BCUT2D eigenvalue weighted by molar-refractivity contribution is 7.08. The molecule has 1 aliphatic rings. The van der Waals surface area contributed by atoms with E-state index in [-0.39, 0.29) is 0 Å². The van der Waals surface area contributed by atoms with E-state index in [0.29, 0.717) is 0 Å². The van der Waals surface area contributed by atoms with Gasteiger partial charge in [-0.05, 0) is 41.8 Å². The molecule has 2 heterocycles. The first-order valence-corrected chi connectivity index (χ1v) is 6.16. The number of nitrogens with zero attached hydrogens (tertiary/aromatic N) is 1. The van der Waals surface area contributed by atoms with E-state index in [1.165, 1.54) is 0 Å². The molecular formula is C11H17NOS. The van der Waals surface area contributed by atoms with Crippen molar-refractivity contribution in [3.63, 3.8) is 0 Å². The molecule has 1 N–H and O–H groups in total. The summed E-state index contributed by atoms with van der Waals surface area (Å²) < 4.78 is 0. The summed E-state index contributed by atoms with van der Waals surface area (Å²) in [6.07, 6.45) is 1.75. The van der Waals surface area contributed by atoms with Crippen LogP contribution in [-0.4, -0.2) is 29.6 Å². The summed E-state index contributed by atoms with van der Waals surface area (Å²) in [5.74, 6) is 0. The zero-order valence-corrected chi connectivity index (χ0v) is 9.39. The SMILES string of the molecule is CCN1CCC(O)(c2ccsc2)CC1. The molecule has 0 saturated carbocycles. The van der Waals surface area contributed by atoms with Gasteiger partial charge in [0, 0.05) is 13.1 Å². The van der Waals surface area contributed by atoms with Crippen molar-refractivity contribution in [2.45, 2.75) is 25.4 Å². The van der Waals surface area contributed by atoms with Crippen molar-refractivity contribution in [1.82, 2.24) is 4.90 Å². The Balaban J connectivity index is 2.06. The number of rotatable bonds is 2. The van der Waals surface area contributed by atoms with Gasteiger partial charge in [-0.25, -0.2) is 0 Å². The van der Waals surface area contributed by atoms with E-state index < -0.39 is 5.60 Å². The molecular weight excluding hydrogens is 194 g/mol. The van der Waals surface area contributed by atoms with Crippen LogP contribution in [-0.2, 0) is 5.60 Å². The molecule has 3 heteroatoms. The van der Waals surface area contributed by atoms with E-state index in [0.717, 1.165) is 38.0 Å².